The lowest BCUT2D eigenvalue weighted by atomic mass is 9.94. The Morgan fingerprint density at radius 3 is 2.93 bits per heavy atom. The Kier molecular flexibility index (Phi) is 4.27. The van der Waals surface area contributed by atoms with Crippen molar-refractivity contribution >= 4 is 34.1 Å². The highest BCUT2D eigenvalue weighted by Gasteiger charge is 2.20. The van der Waals surface area contributed by atoms with E-state index in [-0.39, 0.29) is 0 Å². The van der Waals surface area contributed by atoms with Crippen LogP contribution in [-0.4, -0.2) is 19.9 Å². The monoisotopic (exact) mass is 396 g/mol. The zero-order valence-electron chi connectivity index (χ0n) is 14.1. The largest absolute Gasteiger partial charge is 0.448 e. The second-order valence-electron chi connectivity index (χ2n) is 6.03. The maximum Gasteiger partial charge on any atom is 0.204 e. The van der Waals surface area contributed by atoms with Gasteiger partial charge in [-0.2, -0.15) is 0 Å². The molecule has 27 heavy (non-hydrogen) atoms. The molecule has 6 nitrogen and oxygen atoms in total. The summed E-state index contributed by atoms with van der Waals surface area (Å²) in [5.41, 5.74) is 3.06. The summed E-state index contributed by atoms with van der Waals surface area (Å²) >= 11 is 8.06. The zero-order chi connectivity index (χ0) is 18.2. The van der Waals surface area contributed by atoms with Gasteiger partial charge in [-0.25, -0.2) is 19.9 Å². The molecule has 2 aromatic carbocycles. The summed E-state index contributed by atoms with van der Waals surface area (Å²) in [6.45, 7) is 1.15. The number of rotatable bonds is 4. The molecular weight excluding hydrogens is 384 g/mol. The first-order chi connectivity index (χ1) is 13.3. The molecule has 4 aromatic rings. The van der Waals surface area contributed by atoms with Crippen LogP contribution in [0.15, 0.2) is 52.6 Å². The van der Waals surface area contributed by atoms with Crippen molar-refractivity contribution in [2.24, 2.45) is 0 Å². The highest BCUT2D eigenvalue weighted by molar-refractivity contribution is 7.98. The first-order valence-corrected chi connectivity index (χ1v) is 9.67. The summed E-state index contributed by atoms with van der Waals surface area (Å²) in [6, 6.07) is 8.09. The van der Waals surface area contributed by atoms with E-state index in [9.17, 15) is 0 Å². The number of halogens is 1. The van der Waals surface area contributed by atoms with E-state index in [2.05, 4.69) is 32.1 Å². The molecule has 0 radical (unpaired) electrons. The van der Waals surface area contributed by atoms with Gasteiger partial charge in [-0.3, -0.25) is 0 Å². The molecule has 134 valence electrons. The standard InChI is InChI=1S/C19H13ClN4O2S/c20-14-6-12-8-25-7-11-2-1-3-13(16(11)12)17(14)18-22-10-23-19(24-18)27-9-15-21-4-5-26-15/h1-6,10H,7-9H2. The van der Waals surface area contributed by atoms with Gasteiger partial charge in [0.15, 0.2) is 11.0 Å². The minimum absolute atomic E-state index is 0.547. The van der Waals surface area contributed by atoms with Crippen LogP contribution in [0.3, 0.4) is 0 Å². The lowest BCUT2D eigenvalue weighted by Gasteiger charge is -2.20. The molecule has 0 unspecified atom stereocenters. The summed E-state index contributed by atoms with van der Waals surface area (Å²) in [6.07, 6.45) is 4.68. The van der Waals surface area contributed by atoms with E-state index in [0.717, 1.165) is 22.1 Å². The first-order valence-electron chi connectivity index (χ1n) is 8.31. The first kappa shape index (κ1) is 16.7. The number of nitrogens with zero attached hydrogens (tertiary/aromatic N) is 4. The average Bonchev–Trinajstić information content (AvgIpc) is 3.21. The molecule has 0 fully saturated rings. The fourth-order valence-corrected chi connectivity index (χ4v) is 4.25. The molecular formula is C19H13ClN4O2S. The van der Waals surface area contributed by atoms with Gasteiger partial charge in [-0.1, -0.05) is 41.6 Å². The molecule has 0 saturated carbocycles. The molecule has 2 aromatic heterocycles. The van der Waals surface area contributed by atoms with Crippen LogP contribution in [0, 0.1) is 0 Å². The third kappa shape index (κ3) is 3.07. The number of thioether (sulfide) groups is 1. The molecule has 1 aliphatic heterocycles. The quantitative estimate of drug-likeness (QED) is 0.464. The highest BCUT2D eigenvalue weighted by Crippen LogP contribution is 2.39. The van der Waals surface area contributed by atoms with Crippen molar-refractivity contribution in [3.8, 4) is 11.4 Å². The molecule has 0 saturated heterocycles. The van der Waals surface area contributed by atoms with E-state index >= 15 is 0 Å². The highest BCUT2D eigenvalue weighted by atomic mass is 35.5. The maximum atomic E-state index is 6.62. The van der Waals surface area contributed by atoms with E-state index in [1.54, 1.807) is 12.5 Å². The fourth-order valence-electron chi connectivity index (χ4n) is 3.27. The summed E-state index contributed by atoms with van der Waals surface area (Å²) in [5.74, 6) is 1.73. The van der Waals surface area contributed by atoms with Crippen LogP contribution >= 0.6 is 23.4 Å². The molecule has 1 aliphatic rings. The molecule has 0 atom stereocenters. The van der Waals surface area contributed by atoms with Crippen LogP contribution in [0.2, 0.25) is 5.02 Å². The van der Waals surface area contributed by atoms with Crippen molar-refractivity contribution in [2.75, 3.05) is 0 Å². The lowest BCUT2D eigenvalue weighted by molar-refractivity contribution is 0.103. The molecule has 0 bridgehead atoms. The smallest absolute Gasteiger partial charge is 0.204 e. The van der Waals surface area contributed by atoms with Crippen LogP contribution in [0.4, 0.5) is 0 Å². The van der Waals surface area contributed by atoms with Crippen LogP contribution in [0.1, 0.15) is 17.0 Å². The Labute approximate surface area is 164 Å². The van der Waals surface area contributed by atoms with Crippen molar-refractivity contribution < 1.29 is 9.15 Å². The molecule has 3 heterocycles. The number of hydrogen-bond acceptors (Lipinski definition) is 7. The number of oxazole rings is 1. The molecule has 8 heteroatoms. The Balaban J connectivity index is 1.59. The second-order valence-corrected chi connectivity index (χ2v) is 7.38. The predicted molar refractivity (Wildman–Crippen MR) is 102 cm³/mol. The summed E-state index contributed by atoms with van der Waals surface area (Å²) in [4.78, 5) is 17.3. The van der Waals surface area contributed by atoms with Gasteiger partial charge in [0.1, 0.15) is 12.6 Å². The van der Waals surface area contributed by atoms with E-state index in [1.807, 2.05) is 12.1 Å². The maximum absolute atomic E-state index is 6.62. The van der Waals surface area contributed by atoms with Crippen molar-refractivity contribution in [1.82, 2.24) is 19.9 Å². The molecule has 0 spiro atoms. The predicted octanol–water partition coefficient (Wildman–Crippen LogP) is 4.66. The Bertz CT molecular complexity index is 1130. The Hall–Kier alpha value is -2.48. The van der Waals surface area contributed by atoms with Crippen LogP contribution < -0.4 is 0 Å². The fraction of sp³-hybridized carbons (Fsp3) is 0.158. The van der Waals surface area contributed by atoms with Crippen molar-refractivity contribution in [2.45, 2.75) is 24.1 Å². The van der Waals surface area contributed by atoms with Crippen LogP contribution in [0.5, 0.6) is 0 Å². The summed E-state index contributed by atoms with van der Waals surface area (Å²) in [7, 11) is 0. The van der Waals surface area contributed by atoms with E-state index < -0.39 is 0 Å². The van der Waals surface area contributed by atoms with Gasteiger partial charge in [0.25, 0.3) is 0 Å². The zero-order valence-corrected chi connectivity index (χ0v) is 15.6. The normalized spacial score (nSPS) is 13.2. The molecule has 0 amide bonds. The second kappa shape index (κ2) is 6.92. The van der Waals surface area contributed by atoms with E-state index in [0.29, 0.717) is 40.9 Å². The van der Waals surface area contributed by atoms with Gasteiger partial charge in [0, 0.05) is 5.56 Å². The minimum atomic E-state index is 0.547. The van der Waals surface area contributed by atoms with Crippen molar-refractivity contribution in [1.29, 1.82) is 0 Å². The average molecular weight is 397 g/mol. The van der Waals surface area contributed by atoms with Gasteiger partial charge >= 0.3 is 0 Å². The van der Waals surface area contributed by atoms with Gasteiger partial charge in [-0.05, 0) is 28.0 Å². The minimum Gasteiger partial charge on any atom is -0.448 e. The third-order valence-corrected chi connectivity index (χ3v) is 5.52. The number of hydrogen-bond donors (Lipinski definition) is 0. The number of aromatic nitrogens is 4. The number of benzene rings is 2. The molecule has 0 aliphatic carbocycles. The number of ether oxygens (including phenoxy) is 1. The lowest BCUT2D eigenvalue weighted by Crippen LogP contribution is -2.05. The van der Waals surface area contributed by atoms with Gasteiger partial charge in [-0.15, -0.1) is 0 Å². The third-order valence-electron chi connectivity index (χ3n) is 4.38. The van der Waals surface area contributed by atoms with E-state index in [1.165, 1.54) is 23.5 Å². The van der Waals surface area contributed by atoms with Crippen molar-refractivity contribution in [3.63, 3.8) is 0 Å². The summed E-state index contributed by atoms with van der Waals surface area (Å²) in [5, 5.41) is 3.42. The molecule has 0 N–H and O–H groups in total. The van der Waals surface area contributed by atoms with Gasteiger partial charge in [0.05, 0.1) is 30.2 Å². The van der Waals surface area contributed by atoms with Gasteiger partial charge < -0.3 is 9.15 Å². The molecule has 5 rings (SSSR count). The SMILES string of the molecule is Clc1cc2c3c(cccc3c1-c1ncnc(SCc3ncco3)n1)COC2. The summed E-state index contributed by atoms with van der Waals surface area (Å²) < 4.78 is 10.9. The Morgan fingerprint density at radius 1 is 1.11 bits per heavy atom. The van der Waals surface area contributed by atoms with E-state index in [4.69, 9.17) is 20.8 Å². The Morgan fingerprint density at radius 2 is 2.04 bits per heavy atom. The van der Waals surface area contributed by atoms with Crippen LogP contribution in [-0.2, 0) is 23.7 Å². The van der Waals surface area contributed by atoms with Crippen molar-refractivity contribution in [3.05, 3.63) is 65.1 Å². The van der Waals surface area contributed by atoms with Gasteiger partial charge in [0.2, 0.25) is 5.89 Å². The van der Waals surface area contributed by atoms with Crippen LogP contribution in [0.25, 0.3) is 22.2 Å². The topological polar surface area (TPSA) is 73.9 Å².